The standard InChI is InChI=1S/C18H14N4O3S/c1-26(24,25)13-6-7-16-14(8-13)15-9-19-22-17(15)18(21-16)20-12-4-2-11(10-23)3-5-12/h2-10H,1H3,(H,19,22)(H,20,21). The number of hydrogen-bond acceptors (Lipinski definition) is 6. The van der Waals surface area contributed by atoms with Crippen LogP contribution in [0.15, 0.2) is 53.6 Å². The van der Waals surface area contributed by atoms with Gasteiger partial charge in [0.25, 0.3) is 0 Å². The van der Waals surface area contributed by atoms with Gasteiger partial charge in [-0.15, -0.1) is 0 Å². The van der Waals surface area contributed by atoms with Crippen molar-refractivity contribution in [2.45, 2.75) is 4.90 Å². The molecule has 0 atom stereocenters. The molecule has 130 valence electrons. The van der Waals surface area contributed by atoms with Gasteiger partial charge in [-0.1, -0.05) is 0 Å². The molecule has 2 aromatic carbocycles. The van der Waals surface area contributed by atoms with Gasteiger partial charge in [0.2, 0.25) is 0 Å². The number of hydrogen-bond donors (Lipinski definition) is 2. The van der Waals surface area contributed by atoms with Gasteiger partial charge in [0.1, 0.15) is 11.8 Å². The Morgan fingerprint density at radius 2 is 1.85 bits per heavy atom. The Hall–Kier alpha value is -3.26. The number of benzene rings is 2. The van der Waals surface area contributed by atoms with Crippen LogP contribution in [-0.4, -0.2) is 36.1 Å². The number of rotatable bonds is 4. The summed E-state index contributed by atoms with van der Waals surface area (Å²) >= 11 is 0. The SMILES string of the molecule is CS(=O)(=O)c1ccc2nc(Nc3ccc(C=O)cc3)c3[nH]ncc3c2c1. The van der Waals surface area contributed by atoms with E-state index in [1.807, 2.05) is 0 Å². The summed E-state index contributed by atoms with van der Waals surface area (Å²) in [6.07, 6.45) is 3.60. The molecule has 4 rings (SSSR count). The summed E-state index contributed by atoms with van der Waals surface area (Å²) in [5.74, 6) is 0.566. The van der Waals surface area contributed by atoms with E-state index in [-0.39, 0.29) is 4.90 Å². The van der Waals surface area contributed by atoms with Crippen molar-refractivity contribution in [3.8, 4) is 0 Å². The summed E-state index contributed by atoms with van der Waals surface area (Å²) < 4.78 is 23.7. The Balaban J connectivity index is 1.87. The van der Waals surface area contributed by atoms with Gasteiger partial charge in [0.05, 0.1) is 16.6 Å². The molecular formula is C18H14N4O3S. The molecule has 7 nitrogen and oxygen atoms in total. The smallest absolute Gasteiger partial charge is 0.175 e. The number of fused-ring (bicyclic) bond motifs is 3. The zero-order valence-electron chi connectivity index (χ0n) is 13.7. The summed E-state index contributed by atoms with van der Waals surface area (Å²) in [7, 11) is -3.31. The highest BCUT2D eigenvalue weighted by molar-refractivity contribution is 7.90. The van der Waals surface area contributed by atoms with Gasteiger partial charge >= 0.3 is 0 Å². The fourth-order valence-electron chi connectivity index (χ4n) is 2.78. The number of H-pyrrole nitrogens is 1. The number of carbonyl (C=O) groups is 1. The zero-order valence-corrected chi connectivity index (χ0v) is 14.5. The van der Waals surface area contributed by atoms with Crippen LogP contribution in [0.3, 0.4) is 0 Å². The van der Waals surface area contributed by atoms with E-state index in [1.165, 1.54) is 6.26 Å². The molecule has 26 heavy (non-hydrogen) atoms. The van der Waals surface area contributed by atoms with Crippen LogP contribution in [0.25, 0.3) is 21.8 Å². The second-order valence-corrected chi connectivity index (χ2v) is 7.95. The van der Waals surface area contributed by atoms with Crippen LogP contribution in [-0.2, 0) is 9.84 Å². The minimum absolute atomic E-state index is 0.236. The molecule has 8 heteroatoms. The first-order valence-corrected chi connectivity index (χ1v) is 9.64. The van der Waals surface area contributed by atoms with Gasteiger partial charge < -0.3 is 5.32 Å². The Morgan fingerprint density at radius 1 is 1.08 bits per heavy atom. The quantitative estimate of drug-likeness (QED) is 0.538. The van der Waals surface area contributed by atoms with Gasteiger partial charge in [0, 0.05) is 28.3 Å². The van der Waals surface area contributed by atoms with Crippen LogP contribution in [0.5, 0.6) is 0 Å². The van der Waals surface area contributed by atoms with Gasteiger partial charge in [-0.2, -0.15) is 5.10 Å². The highest BCUT2D eigenvalue weighted by Gasteiger charge is 2.14. The third-order valence-electron chi connectivity index (χ3n) is 4.10. The zero-order chi connectivity index (χ0) is 18.3. The molecule has 2 heterocycles. The Kier molecular flexibility index (Phi) is 3.69. The number of nitrogens with one attached hydrogen (secondary N) is 2. The number of pyridine rings is 1. The third-order valence-corrected chi connectivity index (χ3v) is 5.21. The summed E-state index contributed by atoms with van der Waals surface area (Å²) in [6.45, 7) is 0. The number of anilines is 2. The lowest BCUT2D eigenvalue weighted by atomic mass is 10.1. The fourth-order valence-corrected chi connectivity index (χ4v) is 3.43. The number of nitrogens with zero attached hydrogens (tertiary/aromatic N) is 2. The van der Waals surface area contributed by atoms with E-state index >= 15 is 0 Å². The lowest BCUT2D eigenvalue weighted by molar-refractivity contribution is 0.112. The van der Waals surface area contributed by atoms with Crippen LogP contribution in [0.1, 0.15) is 10.4 Å². The molecule has 0 aliphatic rings. The molecule has 0 unspecified atom stereocenters. The number of aromatic nitrogens is 3. The van der Waals surface area contributed by atoms with Crippen molar-refractivity contribution >= 4 is 49.4 Å². The molecule has 2 aromatic heterocycles. The van der Waals surface area contributed by atoms with Crippen molar-refractivity contribution < 1.29 is 13.2 Å². The second kappa shape index (κ2) is 5.92. The van der Waals surface area contributed by atoms with Crippen molar-refractivity contribution in [1.29, 1.82) is 0 Å². The van der Waals surface area contributed by atoms with Crippen LogP contribution in [0, 0.1) is 0 Å². The first-order chi connectivity index (χ1) is 12.5. The number of sulfone groups is 1. The van der Waals surface area contributed by atoms with Crippen LogP contribution >= 0.6 is 0 Å². The number of aromatic amines is 1. The highest BCUT2D eigenvalue weighted by Crippen LogP contribution is 2.31. The highest BCUT2D eigenvalue weighted by atomic mass is 32.2. The molecule has 0 amide bonds. The first kappa shape index (κ1) is 16.2. The topological polar surface area (TPSA) is 105 Å². The van der Waals surface area contributed by atoms with E-state index in [2.05, 4.69) is 20.5 Å². The van der Waals surface area contributed by atoms with Crippen molar-refractivity contribution in [1.82, 2.24) is 15.2 Å². The molecule has 0 fully saturated rings. The largest absolute Gasteiger partial charge is 0.338 e. The predicted octanol–water partition coefficient (Wildman–Crippen LogP) is 3.07. The van der Waals surface area contributed by atoms with Crippen molar-refractivity contribution in [2.75, 3.05) is 11.6 Å². The van der Waals surface area contributed by atoms with E-state index in [0.29, 0.717) is 27.8 Å². The molecule has 0 saturated heterocycles. The third kappa shape index (κ3) is 2.80. The summed E-state index contributed by atoms with van der Waals surface area (Å²) in [5.41, 5.74) is 2.68. The van der Waals surface area contributed by atoms with E-state index in [0.717, 1.165) is 17.4 Å². The van der Waals surface area contributed by atoms with E-state index < -0.39 is 9.84 Å². The maximum atomic E-state index is 11.8. The number of aldehydes is 1. The van der Waals surface area contributed by atoms with Gasteiger partial charge in [-0.05, 0) is 42.5 Å². The summed E-state index contributed by atoms with van der Waals surface area (Å²) in [5, 5.41) is 11.7. The van der Waals surface area contributed by atoms with E-state index in [4.69, 9.17) is 0 Å². The average Bonchev–Trinajstić information content (AvgIpc) is 3.12. The maximum Gasteiger partial charge on any atom is 0.175 e. The molecule has 0 radical (unpaired) electrons. The van der Waals surface area contributed by atoms with Gasteiger partial charge in [-0.25, -0.2) is 13.4 Å². The van der Waals surface area contributed by atoms with Crippen molar-refractivity contribution in [2.24, 2.45) is 0 Å². The molecular weight excluding hydrogens is 352 g/mol. The van der Waals surface area contributed by atoms with Crippen molar-refractivity contribution in [3.05, 3.63) is 54.2 Å². The monoisotopic (exact) mass is 366 g/mol. The number of carbonyl (C=O) groups excluding carboxylic acids is 1. The molecule has 0 bridgehead atoms. The van der Waals surface area contributed by atoms with Gasteiger partial charge in [-0.3, -0.25) is 9.89 Å². The van der Waals surface area contributed by atoms with Crippen LogP contribution < -0.4 is 5.32 Å². The minimum atomic E-state index is -3.31. The second-order valence-electron chi connectivity index (χ2n) is 5.94. The van der Waals surface area contributed by atoms with E-state index in [9.17, 15) is 13.2 Å². The van der Waals surface area contributed by atoms with Crippen LogP contribution in [0.4, 0.5) is 11.5 Å². The summed E-state index contributed by atoms with van der Waals surface area (Å²) in [4.78, 5) is 15.6. The first-order valence-electron chi connectivity index (χ1n) is 7.75. The molecule has 2 N–H and O–H groups in total. The van der Waals surface area contributed by atoms with Crippen molar-refractivity contribution in [3.63, 3.8) is 0 Å². The minimum Gasteiger partial charge on any atom is -0.338 e. The lowest BCUT2D eigenvalue weighted by Gasteiger charge is -2.10. The molecule has 0 spiro atoms. The predicted molar refractivity (Wildman–Crippen MR) is 99.6 cm³/mol. The fraction of sp³-hybridized carbons (Fsp3) is 0.0556. The Morgan fingerprint density at radius 3 is 2.54 bits per heavy atom. The van der Waals surface area contributed by atoms with Crippen LogP contribution in [0.2, 0.25) is 0 Å². The Bertz CT molecular complexity index is 1240. The van der Waals surface area contributed by atoms with Gasteiger partial charge in [0.15, 0.2) is 15.7 Å². The molecule has 4 aromatic rings. The lowest BCUT2D eigenvalue weighted by Crippen LogP contribution is -1.99. The normalized spacial score (nSPS) is 11.7. The Labute approximate surface area is 149 Å². The molecule has 0 saturated carbocycles. The van der Waals surface area contributed by atoms with E-state index in [1.54, 1.807) is 48.7 Å². The summed E-state index contributed by atoms with van der Waals surface area (Å²) in [6, 6.07) is 11.8. The average molecular weight is 366 g/mol. The molecule has 0 aliphatic carbocycles. The maximum absolute atomic E-state index is 11.8. The molecule has 0 aliphatic heterocycles.